The van der Waals surface area contributed by atoms with Crippen molar-refractivity contribution in [3.8, 4) is 0 Å². The average molecular weight is 426 g/mol. The number of nitrogens with one attached hydrogen (secondary N) is 2. The van der Waals surface area contributed by atoms with Crippen LogP contribution in [0.25, 0.3) is 0 Å². The number of rotatable bonds is 5. The van der Waals surface area contributed by atoms with E-state index < -0.39 is 0 Å². The lowest BCUT2D eigenvalue weighted by Gasteiger charge is -2.34. The van der Waals surface area contributed by atoms with Crippen LogP contribution in [-0.4, -0.2) is 42.0 Å². The second-order valence-corrected chi connectivity index (χ2v) is 8.69. The molecule has 154 valence electrons. The lowest BCUT2D eigenvalue weighted by atomic mass is 9.95. The highest BCUT2D eigenvalue weighted by Crippen LogP contribution is 2.22. The first-order valence-corrected chi connectivity index (χ1v) is 11.1. The summed E-state index contributed by atoms with van der Waals surface area (Å²) in [5, 5.41) is 7.45. The van der Waals surface area contributed by atoms with Crippen molar-refractivity contribution < 1.29 is 9.59 Å². The van der Waals surface area contributed by atoms with E-state index in [2.05, 4.69) is 10.6 Å². The molecule has 28 heavy (non-hydrogen) atoms. The van der Waals surface area contributed by atoms with Gasteiger partial charge in [-0.1, -0.05) is 48.5 Å². The molecule has 2 aliphatic rings. The Hall–Kier alpha value is -1.46. The number of likely N-dealkylation sites (tertiary alicyclic amines) is 1. The summed E-state index contributed by atoms with van der Waals surface area (Å²) < 4.78 is 0. The smallest absolute Gasteiger partial charge is 0.317 e. The van der Waals surface area contributed by atoms with Gasteiger partial charge in [-0.15, -0.1) is 0 Å². The van der Waals surface area contributed by atoms with Crippen LogP contribution in [0.3, 0.4) is 0 Å². The number of piperidine rings is 1. The van der Waals surface area contributed by atoms with Gasteiger partial charge in [0.15, 0.2) is 0 Å². The van der Waals surface area contributed by atoms with Gasteiger partial charge in [0.25, 0.3) is 0 Å². The second-order valence-electron chi connectivity index (χ2n) is 7.85. The molecular weight excluding hydrogens is 397 g/mol. The van der Waals surface area contributed by atoms with Crippen molar-refractivity contribution in [3.63, 3.8) is 0 Å². The second kappa shape index (κ2) is 10.4. The van der Waals surface area contributed by atoms with Crippen LogP contribution in [0.1, 0.15) is 56.9 Å². The van der Waals surface area contributed by atoms with Crippen molar-refractivity contribution >= 4 is 35.1 Å². The van der Waals surface area contributed by atoms with Crippen molar-refractivity contribution in [1.29, 1.82) is 0 Å². The number of hydrogen-bond acceptors (Lipinski definition) is 2. The number of halogens is 2. The standard InChI is InChI=1S/C21H29Cl2N3O2/c22-16-8-6-15(19(23)14-16)7-9-20(27)24-18-10-12-26(13-11-18)21(28)25-17-4-2-1-3-5-17/h6,8,14,17-18H,1-5,7,9-13H2,(H,24,27)(H,25,28). The SMILES string of the molecule is O=C(CCc1ccc(Cl)cc1Cl)NC1CCN(C(=O)NC2CCCCC2)CC1. The molecule has 2 fully saturated rings. The van der Waals surface area contributed by atoms with E-state index in [1.165, 1.54) is 19.3 Å². The molecule has 2 N–H and O–H groups in total. The maximum atomic E-state index is 12.4. The van der Waals surface area contributed by atoms with Crippen molar-refractivity contribution in [2.45, 2.75) is 69.9 Å². The zero-order valence-electron chi connectivity index (χ0n) is 16.2. The largest absolute Gasteiger partial charge is 0.353 e. The van der Waals surface area contributed by atoms with E-state index in [1.54, 1.807) is 12.1 Å². The number of carbonyl (C=O) groups excluding carboxylic acids is 2. The minimum absolute atomic E-state index is 0.0242. The average Bonchev–Trinajstić information content (AvgIpc) is 2.68. The van der Waals surface area contributed by atoms with E-state index in [9.17, 15) is 9.59 Å². The third kappa shape index (κ3) is 6.28. The van der Waals surface area contributed by atoms with Crippen molar-refractivity contribution in [1.82, 2.24) is 15.5 Å². The molecule has 0 atom stereocenters. The Labute approximate surface area is 177 Å². The first kappa shape index (κ1) is 21.3. The number of urea groups is 1. The van der Waals surface area contributed by atoms with E-state index in [0.717, 1.165) is 31.2 Å². The van der Waals surface area contributed by atoms with Crippen LogP contribution >= 0.6 is 23.2 Å². The first-order valence-electron chi connectivity index (χ1n) is 10.3. The summed E-state index contributed by atoms with van der Waals surface area (Å²) in [4.78, 5) is 26.6. The van der Waals surface area contributed by atoms with Crippen molar-refractivity contribution in [2.75, 3.05) is 13.1 Å². The molecule has 3 amide bonds. The van der Waals surface area contributed by atoms with Crippen LogP contribution in [-0.2, 0) is 11.2 Å². The first-order chi connectivity index (χ1) is 13.5. The van der Waals surface area contributed by atoms with E-state index in [4.69, 9.17) is 23.2 Å². The van der Waals surface area contributed by atoms with Crippen LogP contribution in [0.5, 0.6) is 0 Å². The predicted octanol–water partition coefficient (Wildman–Crippen LogP) is 4.55. The molecule has 1 saturated heterocycles. The molecule has 0 radical (unpaired) electrons. The minimum Gasteiger partial charge on any atom is -0.353 e. The van der Waals surface area contributed by atoms with Gasteiger partial charge < -0.3 is 15.5 Å². The Morgan fingerprint density at radius 2 is 1.64 bits per heavy atom. The van der Waals surface area contributed by atoms with Gasteiger partial charge >= 0.3 is 6.03 Å². The number of aryl methyl sites for hydroxylation is 1. The normalized spacial score (nSPS) is 18.7. The lowest BCUT2D eigenvalue weighted by Crippen LogP contribution is -2.51. The summed E-state index contributed by atoms with van der Waals surface area (Å²) in [6, 6.07) is 5.86. The quantitative estimate of drug-likeness (QED) is 0.726. The molecule has 7 heteroatoms. The van der Waals surface area contributed by atoms with Gasteiger partial charge in [0.2, 0.25) is 5.91 Å². The Bertz CT molecular complexity index is 684. The number of hydrogen-bond donors (Lipinski definition) is 2. The summed E-state index contributed by atoms with van der Waals surface area (Å²) in [6.07, 6.45) is 8.46. The van der Waals surface area contributed by atoms with Crippen molar-refractivity contribution in [2.24, 2.45) is 0 Å². The van der Waals surface area contributed by atoms with Gasteiger partial charge in [-0.3, -0.25) is 4.79 Å². The Morgan fingerprint density at radius 3 is 2.32 bits per heavy atom. The maximum absolute atomic E-state index is 12.4. The fourth-order valence-electron chi connectivity index (χ4n) is 4.01. The molecular formula is C21H29Cl2N3O2. The Kier molecular flexibility index (Phi) is 7.86. The molecule has 0 bridgehead atoms. The molecule has 1 aromatic rings. The fraction of sp³-hybridized carbons (Fsp3) is 0.619. The Morgan fingerprint density at radius 1 is 0.964 bits per heavy atom. The zero-order chi connectivity index (χ0) is 19.9. The highest BCUT2D eigenvalue weighted by molar-refractivity contribution is 6.35. The van der Waals surface area contributed by atoms with E-state index in [-0.39, 0.29) is 18.0 Å². The molecule has 5 nitrogen and oxygen atoms in total. The minimum atomic E-state index is 0.0242. The summed E-state index contributed by atoms with van der Waals surface area (Å²) >= 11 is 12.1. The summed E-state index contributed by atoms with van der Waals surface area (Å²) in [7, 11) is 0. The zero-order valence-corrected chi connectivity index (χ0v) is 17.7. The van der Waals surface area contributed by atoms with Gasteiger partial charge in [-0.2, -0.15) is 0 Å². The lowest BCUT2D eigenvalue weighted by molar-refractivity contribution is -0.122. The number of benzene rings is 1. The predicted molar refractivity (Wildman–Crippen MR) is 113 cm³/mol. The van der Waals surface area contributed by atoms with E-state index >= 15 is 0 Å². The van der Waals surface area contributed by atoms with Crippen LogP contribution in [0.15, 0.2) is 18.2 Å². The highest BCUT2D eigenvalue weighted by Gasteiger charge is 2.25. The van der Waals surface area contributed by atoms with Crippen molar-refractivity contribution in [3.05, 3.63) is 33.8 Å². The number of nitrogens with zero attached hydrogens (tertiary/aromatic N) is 1. The number of amides is 3. The molecule has 1 aliphatic carbocycles. The van der Waals surface area contributed by atoms with Gasteiger partial charge in [0.1, 0.15) is 0 Å². The summed E-state index contributed by atoms with van der Waals surface area (Å²) in [5.74, 6) is 0.0242. The third-order valence-electron chi connectivity index (χ3n) is 5.72. The number of carbonyl (C=O) groups is 2. The topological polar surface area (TPSA) is 61.4 Å². The van der Waals surface area contributed by atoms with Crippen LogP contribution in [0.2, 0.25) is 10.0 Å². The summed E-state index contributed by atoms with van der Waals surface area (Å²) in [6.45, 7) is 1.37. The third-order valence-corrected chi connectivity index (χ3v) is 6.30. The molecule has 1 saturated carbocycles. The van der Waals surface area contributed by atoms with E-state index in [0.29, 0.717) is 42.0 Å². The molecule has 1 aromatic carbocycles. The van der Waals surface area contributed by atoms with Crippen LogP contribution < -0.4 is 10.6 Å². The van der Waals surface area contributed by atoms with E-state index in [1.807, 2.05) is 11.0 Å². The monoisotopic (exact) mass is 425 g/mol. The van der Waals surface area contributed by atoms with Crippen LogP contribution in [0, 0.1) is 0 Å². The maximum Gasteiger partial charge on any atom is 0.317 e. The molecule has 0 unspecified atom stereocenters. The van der Waals surface area contributed by atoms with Gasteiger partial charge in [-0.05, 0) is 49.8 Å². The molecule has 3 rings (SSSR count). The van der Waals surface area contributed by atoms with Gasteiger partial charge in [0.05, 0.1) is 0 Å². The van der Waals surface area contributed by atoms with Gasteiger partial charge in [-0.25, -0.2) is 4.79 Å². The summed E-state index contributed by atoms with van der Waals surface area (Å²) in [5.41, 5.74) is 0.926. The Balaban J connectivity index is 1.36. The highest BCUT2D eigenvalue weighted by atomic mass is 35.5. The molecule has 0 spiro atoms. The fourth-order valence-corrected chi connectivity index (χ4v) is 4.52. The molecule has 0 aromatic heterocycles. The molecule has 1 aliphatic heterocycles. The van der Waals surface area contributed by atoms with Crippen LogP contribution in [0.4, 0.5) is 4.79 Å². The molecule has 1 heterocycles. The van der Waals surface area contributed by atoms with Gasteiger partial charge in [0, 0.05) is 41.6 Å².